The molecule has 1 aliphatic heterocycles. The number of hydrogen-bond acceptors (Lipinski definition) is 6. The second-order valence-corrected chi connectivity index (χ2v) is 4.35. The highest BCUT2D eigenvalue weighted by Crippen LogP contribution is 2.31. The van der Waals surface area contributed by atoms with Crippen molar-refractivity contribution in [3.63, 3.8) is 0 Å². The molecular formula is C11H13N5O3. The number of carbonyl (C=O) groups is 1. The first-order valence-electron chi connectivity index (χ1n) is 6.02. The fraction of sp³-hybridized carbons (Fsp3) is 0.455. The molecule has 19 heavy (non-hydrogen) atoms. The van der Waals surface area contributed by atoms with E-state index in [4.69, 9.17) is 9.05 Å². The first kappa shape index (κ1) is 11.7. The highest BCUT2D eigenvalue weighted by Gasteiger charge is 2.32. The van der Waals surface area contributed by atoms with Crippen LogP contribution in [0.25, 0.3) is 0 Å². The molecule has 1 atom stereocenters. The Balaban J connectivity index is 1.72. The maximum Gasteiger partial charge on any atom is 0.329 e. The number of urea groups is 1. The van der Waals surface area contributed by atoms with Gasteiger partial charge in [0.1, 0.15) is 12.0 Å². The zero-order valence-electron chi connectivity index (χ0n) is 10.4. The molecule has 8 heteroatoms. The van der Waals surface area contributed by atoms with Crippen LogP contribution in [-0.4, -0.2) is 32.8 Å². The third-order valence-corrected chi connectivity index (χ3v) is 3.05. The van der Waals surface area contributed by atoms with Gasteiger partial charge in [0.05, 0.1) is 6.04 Å². The monoisotopic (exact) mass is 263 g/mol. The molecule has 3 rings (SSSR count). The lowest BCUT2D eigenvalue weighted by atomic mass is 10.1. The van der Waals surface area contributed by atoms with Gasteiger partial charge in [-0.15, -0.1) is 0 Å². The highest BCUT2D eigenvalue weighted by atomic mass is 16.5. The van der Waals surface area contributed by atoms with Crippen LogP contribution in [0.3, 0.4) is 0 Å². The van der Waals surface area contributed by atoms with Crippen molar-refractivity contribution < 1.29 is 13.8 Å². The number of likely N-dealkylation sites (tertiary alicyclic amines) is 1. The lowest BCUT2D eigenvalue weighted by molar-refractivity contribution is 0.203. The second kappa shape index (κ2) is 4.71. The highest BCUT2D eigenvalue weighted by molar-refractivity contribution is 5.87. The fourth-order valence-electron chi connectivity index (χ4n) is 2.22. The van der Waals surface area contributed by atoms with Crippen molar-refractivity contribution in [2.24, 2.45) is 0 Å². The molecule has 1 saturated heterocycles. The Bertz CT molecular complexity index is 565. The molecular weight excluding hydrogens is 250 g/mol. The van der Waals surface area contributed by atoms with Crippen LogP contribution in [0.15, 0.2) is 21.4 Å². The molecule has 8 nitrogen and oxygen atoms in total. The van der Waals surface area contributed by atoms with Gasteiger partial charge in [0, 0.05) is 12.6 Å². The topological polar surface area (TPSA) is 97.3 Å². The first-order chi connectivity index (χ1) is 9.24. The predicted molar refractivity (Wildman–Crippen MR) is 63.2 cm³/mol. The lowest BCUT2D eigenvalue weighted by Crippen LogP contribution is -2.34. The summed E-state index contributed by atoms with van der Waals surface area (Å²) in [5, 5.41) is 10.1. The van der Waals surface area contributed by atoms with Crippen molar-refractivity contribution in [1.29, 1.82) is 0 Å². The van der Waals surface area contributed by atoms with E-state index < -0.39 is 0 Å². The van der Waals surface area contributed by atoms with Gasteiger partial charge in [0.15, 0.2) is 5.82 Å². The molecule has 0 saturated carbocycles. The van der Waals surface area contributed by atoms with Gasteiger partial charge in [-0.2, -0.15) is 4.98 Å². The summed E-state index contributed by atoms with van der Waals surface area (Å²) in [5.41, 5.74) is 0.759. The van der Waals surface area contributed by atoms with E-state index >= 15 is 0 Å². The fourth-order valence-corrected chi connectivity index (χ4v) is 2.22. The zero-order chi connectivity index (χ0) is 13.2. The van der Waals surface area contributed by atoms with Gasteiger partial charge in [-0.1, -0.05) is 10.3 Å². The maximum atomic E-state index is 12.2. The van der Waals surface area contributed by atoms with Crippen molar-refractivity contribution in [2.45, 2.75) is 25.8 Å². The summed E-state index contributed by atoms with van der Waals surface area (Å²) in [6.45, 7) is 2.35. The third-order valence-electron chi connectivity index (χ3n) is 3.05. The molecule has 2 aromatic heterocycles. The quantitative estimate of drug-likeness (QED) is 0.886. The SMILES string of the molecule is Cc1noc(NC(=O)N2CCC[C@H]2c2ccon2)n1. The van der Waals surface area contributed by atoms with Gasteiger partial charge in [-0.05, 0) is 19.8 Å². The number of carbonyl (C=O) groups excluding carboxylic acids is 1. The van der Waals surface area contributed by atoms with Crippen LogP contribution in [-0.2, 0) is 0 Å². The third kappa shape index (κ3) is 2.28. The average molecular weight is 263 g/mol. The number of hydrogen-bond donors (Lipinski definition) is 1. The smallest absolute Gasteiger partial charge is 0.329 e. The molecule has 0 radical (unpaired) electrons. The van der Waals surface area contributed by atoms with Gasteiger partial charge in [0.2, 0.25) is 0 Å². The van der Waals surface area contributed by atoms with E-state index in [9.17, 15) is 4.79 Å². The molecule has 2 aromatic rings. The molecule has 1 fully saturated rings. The average Bonchev–Trinajstić information content (AvgIpc) is 3.07. The van der Waals surface area contributed by atoms with Crippen LogP contribution in [0.5, 0.6) is 0 Å². The van der Waals surface area contributed by atoms with E-state index in [0.29, 0.717) is 12.4 Å². The maximum absolute atomic E-state index is 12.2. The number of anilines is 1. The molecule has 0 unspecified atom stereocenters. The summed E-state index contributed by atoms with van der Waals surface area (Å²) in [6.07, 6.45) is 3.29. The minimum absolute atomic E-state index is 0.0669. The van der Waals surface area contributed by atoms with Crippen molar-refractivity contribution in [1.82, 2.24) is 20.2 Å². The summed E-state index contributed by atoms with van der Waals surface area (Å²) in [5.74, 6) is 0.477. The van der Waals surface area contributed by atoms with Crippen molar-refractivity contribution >= 4 is 12.0 Å². The van der Waals surface area contributed by atoms with Crippen LogP contribution >= 0.6 is 0 Å². The van der Waals surface area contributed by atoms with Crippen LogP contribution in [0, 0.1) is 6.92 Å². The summed E-state index contributed by atoms with van der Waals surface area (Å²) < 4.78 is 9.69. The normalized spacial score (nSPS) is 18.8. The van der Waals surface area contributed by atoms with Gasteiger partial charge < -0.3 is 13.9 Å². The number of amides is 2. The zero-order valence-corrected chi connectivity index (χ0v) is 10.4. The Kier molecular flexibility index (Phi) is 2.90. The number of aryl methyl sites for hydroxylation is 1. The largest absolute Gasteiger partial charge is 0.364 e. The Morgan fingerprint density at radius 1 is 1.53 bits per heavy atom. The summed E-state index contributed by atoms with van der Waals surface area (Å²) in [7, 11) is 0. The van der Waals surface area contributed by atoms with Gasteiger partial charge in [0.25, 0.3) is 0 Å². The molecule has 1 N–H and O–H groups in total. The molecule has 3 heterocycles. The van der Waals surface area contributed by atoms with Gasteiger partial charge in [-0.3, -0.25) is 5.32 Å². The van der Waals surface area contributed by atoms with Crippen LogP contribution in [0.2, 0.25) is 0 Å². The number of aromatic nitrogens is 3. The van der Waals surface area contributed by atoms with Crippen molar-refractivity contribution in [3.8, 4) is 0 Å². The molecule has 1 aliphatic rings. The molecule has 0 spiro atoms. The molecule has 100 valence electrons. The Morgan fingerprint density at radius 3 is 3.11 bits per heavy atom. The number of nitrogens with one attached hydrogen (secondary N) is 1. The van der Waals surface area contributed by atoms with E-state index in [1.165, 1.54) is 6.26 Å². The van der Waals surface area contributed by atoms with Crippen LogP contribution < -0.4 is 5.32 Å². The first-order valence-corrected chi connectivity index (χ1v) is 6.02. The number of nitrogens with zero attached hydrogens (tertiary/aromatic N) is 4. The second-order valence-electron chi connectivity index (χ2n) is 4.35. The Morgan fingerprint density at radius 2 is 2.42 bits per heavy atom. The van der Waals surface area contributed by atoms with Crippen molar-refractivity contribution in [3.05, 3.63) is 23.8 Å². The lowest BCUT2D eigenvalue weighted by Gasteiger charge is -2.22. The number of rotatable bonds is 2. The van der Waals surface area contributed by atoms with Crippen molar-refractivity contribution in [2.75, 3.05) is 11.9 Å². The van der Waals surface area contributed by atoms with E-state index in [1.807, 2.05) is 0 Å². The van der Waals surface area contributed by atoms with Gasteiger partial charge >= 0.3 is 12.0 Å². The van der Waals surface area contributed by atoms with Gasteiger partial charge in [-0.25, -0.2) is 4.79 Å². The summed E-state index contributed by atoms with van der Waals surface area (Å²) >= 11 is 0. The molecule has 0 bridgehead atoms. The van der Waals surface area contributed by atoms with Crippen LogP contribution in [0.4, 0.5) is 10.8 Å². The molecule has 0 aliphatic carbocycles. The Labute approximate surface area is 108 Å². The minimum atomic E-state index is -0.269. The van der Waals surface area contributed by atoms with E-state index in [0.717, 1.165) is 18.5 Å². The minimum Gasteiger partial charge on any atom is -0.364 e. The van der Waals surface area contributed by atoms with E-state index in [1.54, 1.807) is 17.9 Å². The predicted octanol–water partition coefficient (Wildman–Crippen LogP) is 1.74. The van der Waals surface area contributed by atoms with E-state index in [2.05, 4.69) is 20.6 Å². The molecule has 2 amide bonds. The van der Waals surface area contributed by atoms with Crippen LogP contribution in [0.1, 0.15) is 30.4 Å². The Hall–Kier alpha value is -2.38. The standard InChI is InChI=1S/C11H13N5O3/c1-7-12-10(19-14-7)13-11(17)16-5-2-3-9(16)8-4-6-18-15-8/h4,6,9H,2-3,5H2,1H3,(H,12,13,14,17)/t9-/m0/s1. The molecule has 0 aromatic carbocycles. The van der Waals surface area contributed by atoms with E-state index in [-0.39, 0.29) is 18.1 Å². The summed E-state index contributed by atoms with van der Waals surface area (Å²) in [6, 6.07) is 1.54. The summed E-state index contributed by atoms with van der Waals surface area (Å²) in [4.78, 5) is 17.8.